The van der Waals surface area contributed by atoms with Crippen LogP contribution in [0.1, 0.15) is 50.7 Å². The maximum absolute atomic E-state index is 10.3. The van der Waals surface area contributed by atoms with Gasteiger partial charge in [-0.25, -0.2) is 0 Å². The fourth-order valence-electron chi connectivity index (χ4n) is 1.81. The highest BCUT2D eigenvalue weighted by molar-refractivity contribution is 5.66. The lowest BCUT2D eigenvalue weighted by Crippen LogP contribution is -1.93. The van der Waals surface area contributed by atoms with Gasteiger partial charge in [0, 0.05) is 12.8 Å². The van der Waals surface area contributed by atoms with Gasteiger partial charge in [0.05, 0.1) is 6.26 Å². The number of carboxylic acid groups (broad SMARTS) is 1. The smallest absolute Gasteiger partial charge is 0.303 e. The van der Waals surface area contributed by atoms with Gasteiger partial charge in [-0.1, -0.05) is 31.4 Å². The summed E-state index contributed by atoms with van der Waals surface area (Å²) in [7, 11) is 0. The zero-order chi connectivity index (χ0) is 13.1. The number of furan rings is 1. The molecule has 0 fully saturated rings. The van der Waals surface area contributed by atoms with Crippen LogP contribution in [0.25, 0.3) is 0 Å². The second-order valence-electron chi connectivity index (χ2n) is 4.46. The molecule has 1 N–H and O–H groups in total. The normalized spacial score (nSPS) is 11.1. The lowest BCUT2D eigenvalue weighted by Gasteiger charge is -1.98. The maximum Gasteiger partial charge on any atom is 0.303 e. The van der Waals surface area contributed by atoms with E-state index >= 15 is 0 Å². The molecular formula is C15H22O3. The molecule has 18 heavy (non-hydrogen) atoms. The van der Waals surface area contributed by atoms with Crippen molar-refractivity contribution in [3.05, 3.63) is 36.3 Å². The van der Waals surface area contributed by atoms with Crippen LogP contribution in [0.5, 0.6) is 0 Å². The van der Waals surface area contributed by atoms with Crippen LogP contribution in [-0.2, 0) is 11.2 Å². The van der Waals surface area contributed by atoms with Crippen LogP contribution in [0, 0.1) is 0 Å². The maximum atomic E-state index is 10.3. The molecule has 0 radical (unpaired) electrons. The first-order valence-corrected chi connectivity index (χ1v) is 6.68. The van der Waals surface area contributed by atoms with Gasteiger partial charge < -0.3 is 9.52 Å². The highest BCUT2D eigenvalue weighted by Crippen LogP contribution is 2.08. The minimum Gasteiger partial charge on any atom is -0.481 e. The van der Waals surface area contributed by atoms with Crippen LogP contribution in [-0.4, -0.2) is 11.1 Å². The lowest BCUT2D eigenvalue weighted by atomic mass is 10.1. The molecule has 3 nitrogen and oxygen atoms in total. The lowest BCUT2D eigenvalue weighted by molar-refractivity contribution is -0.137. The standard InChI is InChI=1S/C15H22O3/c16-15(17)12-8-6-4-2-1-3-5-7-10-14-11-9-13-18-14/h5,7,9,11,13H,1-4,6,8,10,12H2,(H,16,17)/b7-5-. The molecule has 1 aromatic rings. The average Bonchev–Trinajstić information content (AvgIpc) is 2.84. The van der Waals surface area contributed by atoms with Crippen molar-refractivity contribution in [2.24, 2.45) is 0 Å². The Morgan fingerprint density at radius 1 is 1.17 bits per heavy atom. The minimum atomic E-state index is -0.684. The Morgan fingerprint density at radius 3 is 2.67 bits per heavy atom. The number of unbranched alkanes of at least 4 members (excludes halogenated alkanes) is 5. The van der Waals surface area contributed by atoms with Gasteiger partial charge in [-0.3, -0.25) is 4.79 Å². The van der Waals surface area contributed by atoms with Crippen LogP contribution in [0.3, 0.4) is 0 Å². The van der Waals surface area contributed by atoms with E-state index in [1.165, 1.54) is 12.8 Å². The van der Waals surface area contributed by atoms with Crippen LogP contribution in [0.2, 0.25) is 0 Å². The van der Waals surface area contributed by atoms with Gasteiger partial charge in [-0.05, 0) is 31.4 Å². The van der Waals surface area contributed by atoms with E-state index < -0.39 is 5.97 Å². The predicted octanol–water partition coefficient (Wildman–Crippen LogP) is 4.19. The molecule has 0 aliphatic carbocycles. The van der Waals surface area contributed by atoms with Crippen molar-refractivity contribution in [2.75, 3.05) is 0 Å². The summed E-state index contributed by atoms with van der Waals surface area (Å²) in [4.78, 5) is 10.3. The van der Waals surface area contributed by atoms with Gasteiger partial charge >= 0.3 is 5.97 Å². The quantitative estimate of drug-likeness (QED) is 0.500. The Kier molecular flexibility index (Phi) is 7.69. The van der Waals surface area contributed by atoms with E-state index in [0.29, 0.717) is 6.42 Å². The molecule has 0 saturated heterocycles. The van der Waals surface area contributed by atoms with Crippen LogP contribution in [0.4, 0.5) is 0 Å². The van der Waals surface area contributed by atoms with E-state index in [-0.39, 0.29) is 0 Å². The molecule has 0 amide bonds. The number of rotatable bonds is 10. The molecule has 0 aliphatic rings. The van der Waals surface area contributed by atoms with Gasteiger partial charge in [-0.2, -0.15) is 0 Å². The number of carbonyl (C=O) groups is 1. The second kappa shape index (κ2) is 9.51. The van der Waals surface area contributed by atoms with Crippen molar-refractivity contribution in [3.63, 3.8) is 0 Å². The summed E-state index contributed by atoms with van der Waals surface area (Å²) < 4.78 is 5.23. The molecule has 3 heteroatoms. The molecule has 1 rings (SSSR count). The molecule has 0 aliphatic heterocycles. The fourth-order valence-corrected chi connectivity index (χ4v) is 1.81. The molecular weight excluding hydrogens is 228 g/mol. The molecule has 0 unspecified atom stereocenters. The summed E-state index contributed by atoms with van der Waals surface area (Å²) in [6.45, 7) is 0. The zero-order valence-corrected chi connectivity index (χ0v) is 10.8. The summed E-state index contributed by atoms with van der Waals surface area (Å²) in [6, 6.07) is 3.88. The number of hydrogen-bond donors (Lipinski definition) is 1. The van der Waals surface area contributed by atoms with E-state index in [1.54, 1.807) is 6.26 Å². The highest BCUT2D eigenvalue weighted by atomic mass is 16.4. The van der Waals surface area contributed by atoms with Crippen LogP contribution >= 0.6 is 0 Å². The molecule has 0 bridgehead atoms. The molecule has 1 heterocycles. The summed E-state index contributed by atoms with van der Waals surface area (Å²) in [5, 5.41) is 8.47. The molecule has 0 spiro atoms. The van der Waals surface area contributed by atoms with E-state index in [4.69, 9.17) is 9.52 Å². The Bertz CT molecular complexity index is 339. The topological polar surface area (TPSA) is 50.4 Å². The Labute approximate surface area is 109 Å². The number of hydrogen-bond acceptors (Lipinski definition) is 2. The van der Waals surface area contributed by atoms with Crippen LogP contribution < -0.4 is 0 Å². The molecule has 100 valence electrons. The first-order chi connectivity index (χ1) is 8.79. The largest absolute Gasteiger partial charge is 0.481 e. The van der Waals surface area contributed by atoms with Crippen molar-refractivity contribution in [1.82, 2.24) is 0 Å². The predicted molar refractivity (Wildman–Crippen MR) is 71.5 cm³/mol. The van der Waals surface area contributed by atoms with E-state index in [2.05, 4.69) is 12.2 Å². The first-order valence-electron chi connectivity index (χ1n) is 6.68. The number of allylic oxidation sites excluding steroid dienone is 2. The number of aliphatic carboxylic acids is 1. The third kappa shape index (κ3) is 7.71. The molecule has 1 aromatic heterocycles. The van der Waals surface area contributed by atoms with E-state index in [9.17, 15) is 4.79 Å². The van der Waals surface area contributed by atoms with Crippen molar-refractivity contribution in [2.45, 2.75) is 51.4 Å². The van der Waals surface area contributed by atoms with E-state index in [1.807, 2.05) is 12.1 Å². The average molecular weight is 250 g/mol. The Hall–Kier alpha value is -1.51. The van der Waals surface area contributed by atoms with Crippen LogP contribution in [0.15, 0.2) is 35.0 Å². The third-order valence-corrected chi connectivity index (χ3v) is 2.83. The van der Waals surface area contributed by atoms with Gasteiger partial charge in [-0.15, -0.1) is 0 Å². The summed E-state index contributed by atoms with van der Waals surface area (Å²) in [5.74, 6) is 0.316. The van der Waals surface area contributed by atoms with Crippen molar-refractivity contribution in [1.29, 1.82) is 0 Å². The second-order valence-corrected chi connectivity index (χ2v) is 4.46. The van der Waals surface area contributed by atoms with Gasteiger partial charge in [0.1, 0.15) is 5.76 Å². The Morgan fingerprint density at radius 2 is 1.94 bits per heavy atom. The van der Waals surface area contributed by atoms with Crippen molar-refractivity contribution in [3.8, 4) is 0 Å². The summed E-state index contributed by atoms with van der Waals surface area (Å²) >= 11 is 0. The SMILES string of the molecule is O=C(O)CCCCCCC/C=C\Cc1ccco1. The number of carboxylic acids is 1. The molecule has 0 atom stereocenters. The minimum absolute atomic E-state index is 0.309. The van der Waals surface area contributed by atoms with Gasteiger partial charge in [0.15, 0.2) is 0 Å². The van der Waals surface area contributed by atoms with Gasteiger partial charge in [0.25, 0.3) is 0 Å². The zero-order valence-electron chi connectivity index (χ0n) is 10.8. The fraction of sp³-hybridized carbons (Fsp3) is 0.533. The first kappa shape index (κ1) is 14.6. The Balaban J connectivity index is 1.86. The summed E-state index contributed by atoms with van der Waals surface area (Å²) in [5.41, 5.74) is 0. The highest BCUT2D eigenvalue weighted by Gasteiger charge is 1.96. The third-order valence-electron chi connectivity index (χ3n) is 2.83. The van der Waals surface area contributed by atoms with E-state index in [0.717, 1.165) is 37.9 Å². The van der Waals surface area contributed by atoms with Gasteiger partial charge in [0.2, 0.25) is 0 Å². The summed E-state index contributed by atoms with van der Waals surface area (Å²) in [6.07, 6.45) is 13.6. The van der Waals surface area contributed by atoms with Crippen molar-refractivity contribution >= 4 is 5.97 Å². The van der Waals surface area contributed by atoms with Crippen molar-refractivity contribution < 1.29 is 14.3 Å². The monoisotopic (exact) mass is 250 g/mol. The molecule has 0 aromatic carbocycles. The molecule has 0 saturated carbocycles.